The van der Waals surface area contributed by atoms with Gasteiger partial charge in [0.15, 0.2) is 0 Å². The van der Waals surface area contributed by atoms with E-state index < -0.39 is 5.97 Å². The van der Waals surface area contributed by atoms with Crippen molar-refractivity contribution in [3.63, 3.8) is 0 Å². The van der Waals surface area contributed by atoms with E-state index >= 15 is 0 Å². The van der Waals surface area contributed by atoms with Crippen molar-refractivity contribution >= 4 is 17.0 Å². The monoisotopic (exact) mass is 274 g/mol. The Morgan fingerprint density at radius 1 is 1.30 bits per heavy atom. The fourth-order valence-corrected chi connectivity index (χ4v) is 2.56. The zero-order valence-corrected chi connectivity index (χ0v) is 12.3. The van der Waals surface area contributed by atoms with Gasteiger partial charge in [0, 0.05) is 6.04 Å². The van der Waals surface area contributed by atoms with E-state index in [-0.39, 0.29) is 6.04 Å². The number of hydrogen-bond acceptors (Lipinski definition) is 2. The van der Waals surface area contributed by atoms with Gasteiger partial charge >= 0.3 is 5.97 Å². The van der Waals surface area contributed by atoms with Crippen molar-refractivity contribution in [1.82, 2.24) is 9.55 Å². The van der Waals surface area contributed by atoms with E-state index in [9.17, 15) is 9.90 Å². The summed E-state index contributed by atoms with van der Waals surface area (Å²) in [6, 6.07) is 5.51. The number of carbonyl (C=O) groups is 1. The van der Waals surface area contributed by atoms with Gasteiger partial charge in [0.25, 0.3) is 0 Å². The van der Waals surface area contributed by atoms with Crippen LogP contribution in [0.1, 0.15) is 56.4 Å². The van der Waals surface area contributed by atoms with Crippen molar-refractivity contribution in [2.24, 2.45) is 5.92 Å². The molecule has 0 radical (unpaired) electrons. The highest BCUT2D eigenvalue weighted by Crippen LogP contribution is 2.25. The van der Waals surface area contributed by atoms with E-state index in [1.807, 2.05) is 10.6 Å². The highest BCUT2D eigenvalue weighted by molar-refractivity contribution is 6.01. The van der Waals surface area contributed by atoms with Crippen LogP contribution in [0.25, 0.3) is 11.0 Å². The Kier molecular flexibility index (Phi) is 4.42. The largest absolute Gasteiger partial charge is 0.478 e. The third-order valence-electron chi connectivity index (χ3n) is 3.70. The minimum atomic E-state index is -0.897. The Morgan fingerprint density at radius 2 is 2.05 bits per heavy atom. The Balaban J connectivity index is 2.27. The molecule has 1 atom stereocenters. The number of carboxylic acids is 1. The van der Waals surface area contributed by atoms with Gasteiger partial charge in [-0.2, -0.15) is 0 Å². The molecule has 0 fully saturated rings. The predicted octanol–water partition coefficient (Wildman–Crippen LogP) is 4.12. The molecule has 4 heteroatoms. The molecule has 4 nitrogen and oxygen atoms in total. The van der Waals surface area contributed by atoms with E-state index in [0.717, 1.165) is 23.9 Å². The fraction of sp³-hybridized carbons (Fsp3) is 0.500. The second-order valence-electron chi connectivity index (χ2n) is 5.80. The molecule has 0 bridgehead atoms. The van der Waals surface area contributed by atoms with Crippen LogP contribution < -0.4 is 0 Å². The van der Waals surface area contributed by atoms with E-state index in [4.69, 9.17) is 0 Å². The van der Waals surface area contributed by atoms with Crippen LogP contribution in [0.4, 0.5) is 0 Å². The SMILES string of the molecule is CC(C)CCCC(C)n1cnc2cccc(C(=O)O)c21. The quantitative estimate of drug-likeness (QED) is 0.862. The molecule has 2 aromatic rings. The summed E-state index contributed by atoms with van der Waals surface area (Å²) in [6.45, 7) is 6.57. The van der Waals surface area contributed by atoms with Crippen LogP contribution in [-0.4, -0.2) is 20.6 Å². The van der Waals surface area contributed by atoms with Gasteiger partial charge in [-0.25, -0.2) is 9.78 Å². The zero-order chi connectivity index (χ0) is 14.7. The molecule has 1 aromatic carbocycles. The fourth-order valence-electron chi connectivity index (χ4n) is 2.56. The summed E-state index contributed by atoms with van der Waals surface area (Å²) in [5, 5.41) is 9.32. The molecule has 0 aliphatic rings. The van der Waals surface area contributed by atoms with Crippen molar-refractivity contribution in [3.8, 4) is 0 Å². The lowest BCUT2D eigenvalue weighted by molar-refractivity contribution is 0.0698. The van der Waals surface area contributed by atoms with Gasteiger partial charge in [0.05, 0.1) is 22.9 Å². The predicted molar refractivity (Wildman–Crippen MR) is 80.1 cm³/mol. The Morgan fingerprint density at radius 3 is 2.70 bits per heavy atom. The second kappa shape index (κ2) is 6.07. The Labute approximate surface area is 119 Å². The lowest BCUT2D eigenvalue weighted by Gasteiger charge is -2.16. The number of aromatic carboxylic acids is 1. The molecule has 0 spiro atoms. The van der Waals surface area contributed by atoms with Gasteiger partial charge in [-0.15, -0.1) is 0 Å². The summed E-state index contributed by atoms with van der Waals surface area (Å²) < 4.78 is 2.00. The lowest BCUT2D eigenvalue weighted by atomic mass is 10.0. The van der Waals surface area contributed by atoms with Crippen molar-refractivity contribution < 1.29 is 9.90 Å². The number of fused-ring (bicyclic) bond motifs is 1. The molecular formula is C16H22N2O2. The maximum Gasteiger partial charge on any atom is 0.337 e. The first-order valence-corrected chi connectivity index (χ1v) is 7.19. The number of para-hydroxylation sites is 1. The smallest absolute Gasteiger partial charge is 0.337 e. The number of rotatable bonds is 6. The van der Waals surface area contributed by atoms with Crippen LogP contribution in [0.3, 0.4) is 0 Å². The molecular weight excluding hydrogens is 252 g/mol. The Bertz CT molecular complexity index is 602. The van der Waals surface area contributed by atoms with E-state index in [2.05, 4.69) is 25.8 Å². The standard InChI is InChI=1S/C16H22N2O2/c1-11(2)6-4-7-12(3)18-10-17-14-9-5-8-13(15(14)18)16(19)20/h5,8-12H,4,6-7H2,1-3H3,(H,19,20). The van der Waals surface area contributed by atoms with Crippen molar-refractivity contribution in [2.75, 3.05) is 0 Å². The van der Waals surface area contributed by atoms with E-state index in [0.29, 0.717) is 11.5 Å². The summed E-state index contributed by atoms with van der Waals surface area (Å²) in [4.78, 5) is 15.7. The van der Waals surface area contributed by atoms with Gasteiger partial charge in [0.2, 0.25) is 0 Å². The molecule has 20 heavy (non-hydrogen) atoms. The van der Waals surface area contributed by atoms with Crippen LogP contribution in [0.5, 0.6) is 0 Å². The number of imidazole rings is 1. The zero-order valence-electron chi connectivity index (χ0n) is 12.3. The van der Waals surface area contributed by atoms with Gasteiger partial charge in [-0.3, -0.25) is 0 Å². The molecule has 1 N–H and O–H groups in total. The molecule has 0 aliphatic heterocycles. The van der Waals surface area contributed by atoms with E-state index in [1.54, 1.807) is 18.5 Å². The van der Waals surface area contributed by atoms with Crippen LogP contribution in [0.15, 0.2) is 24.5 Å². The summed E-state index contributed by atoms with van der Waals surface area (Å²) in [5.41, 5.74) is 1.81. The number of nitrogens with zero attached hydrogens (tertiary/aromatic N) is 2. The molecule has 0 saturated carbocycles. The van der Waals surface area contributed by atoms with Gasteiger partial charge in [-0.05, 0) is 31.4 Å². The lowest BCUT2D eigenvalue weighted by Crippen LogP contribution is -2.08. The first kappa shape index (κ1) is 14.6. The van der Waals surface area contributed by atoms with Crippen molar-refractivity contribution in [2.45, 2.75) is 46.1 Å². The van der Waals surface area contributed by atoms with E-state index in [1.165, 1.54) is 6.42 Å². The van der Waals surface area contributed by atoms with Gasteiger partial charge in [0.1, 0.15) is 0 Å². The average Bonchev–Trinajstić information content (AvgIpc) is 2.81. The number of benzene rings is 1. The molecule has 1 heterocycles. The van der Waals surface area contributed by atoms with Crippen molar-refractivity contribution in [1.29, 1.82) is 0 Å². The highest BCUT2D eigenvalue weighted by atomic mass is 16.4. The Hall–Kier alpha value is -1.84. The molecule has 0 amide bonds. The molecule has 0 saturated heterocycles. The third-order valence-corrected chi connectivity index (χ3v) is 3.70. The molecule has 2 rings (SSSR count). The third kappa shape index (κ3) is 3.00. The average molecular weight is 274 g/mol. The second-order valence-corrected chi connectivity index (χ2v) is 5.80. The maximum absolute atomic E-state index is 11.3. The minimum Gasteiger partial charge on any atom is -0.478 e. The number of carboxylic acid groups (broad SMARTS) is 1. The van der Waals surface area contributed by atoms with Crippen LogP contribution >= 0.6 is 0 Å². The molecule has 1 unspecified atom stereocenters. The summed E-state index contributed by atoms with van der Waals surface area (Å²) in [7, 11) is 0. The summed E-state index contributed by atoms with van der Waals surface area (Å²) >= 11 is 0. The molecule has 0 aliphatic carbocycles. The van der Waals surface area contributed by atoms with Crippen molar-refractivity contribution in [3.05, 3.63) is 30.1 Å². The van der Waals surface area contributed by atoms with Gasteiger partial charge < -0.3 is 9.67 Å². The molecule has 108 valence electrons. The first-order valence-electron chi connectivity index (χ1n) is 7.19. The van der Waals surface area contributed by atoms with Gasteiger partial charge in [-0.1, -0.05) is 32.8 Å². The maximum atomic E-state index is 11.3. The normalized spacial score (nSPS) is 13.0. The first-order chi connectivity index (χ1) is 9.50. The summed E-state index contributed by atoms with van der Waals surface area (Å²) in [6.07, 6.45) is 5.14. The number of hydrogen-bond donors (Lipinski definition) is 1. The molecule has 1 aromatic heterocycles. The minimum absolute atomic E-state index is 0.263. The highest BCUT2D eigenvalue weighted by Gasteiger charge is 2.16. The van der Waals surface area contributed by atoms with Crippen LogP contribution in [0.2, 0.25) is 0 Å². The van der Waals surface area contributed by atoms with Crippen LogP contribution in [0, 0.1) is 5.92 Å². The topological polar surface area (TPSA) is 55.1 Å². The van der Waals surface area contributed by atoms with Crippen LogP contribution in [-0.2, 0) is 0 Å². The summed E-state index contributed by atoms with van der Waals surface area (Å²) in [5.74, 6) is -0.192. The number of aromatic nitrogens is 2.